The summed E-state index contributed by atoms with van der Waals surface area (Å²) in [7, 11) is 0. The number of rotatable bonds is 6. The van der Waals surface area contributed by atoms with E-state index in [2.05, 4.69) is 10.3 Å². The van der Waals surface area contributed by atoms with Crippen LogP contribution in [0.15, 0.2) is 76.7 Å². The van der Waals surface area contributed by atoms with Crippen molar-refractivity contribution in [1.82, 2.24) is 9.55 Å². The summed E-state index contributed by atoms with van der Waals surface area (Å²) >= 11 is 0.954. The summed E-state index contributed by atoms with van der Waals surface area (Å²) < 4.78 is 28.2. The maximum atomic E-state index is 13.5. The smallest absolute Gasteiger partial charge is 0.306 e. The molecule has 0 spiro atoms. The lowest BCUT2D eigenvalue weighted by Crippen LogP contribution is -2.23. The van der Waals surface area contributed by atoms with Crippen LogP contribution in [0.5, 0.6) is 0 Å². The Morgan fingerprint density at radius 1 is 1.09 bits per heavy atom. The normalized spacial score (nSPS) is 10.8. The Bertz CT molecular complexity index is 1440. The van der Waals surface area contributed by atoms with Crippen molar-refractivity contribution in [1.29, 1.82) is 0 Å². The van der Waals surface area contributed by atoms with Crippen molar-refractivity contribution < 1.29 is 18.5 Å². The second-order valence-corrected chi connectivity index (χ2v) is 7.73. The minimum Gasteiger partial charge on any atom is -0.325 e. The largest absolute Gasteiger partial charge is 0.325 e. The van der Waals surface area contributed by atoms with Crippen LogP contribution in [-0.2, 0) is 4.79 Å². The number of nitro benzene ring substituents is 1. The molecule has 0 radical (unpaired) electrons. The zero-order valence-electron chi connectivity index (χ0n) is 16.7. The second-order valence-electron chi connectivity index (χ2n) is 6.79. The predicted octanol–water partition coefficient (Wildman–Crippen LogP) is 4.30. The van der Waals surface area contributed by atoms with E-state index in [1.54, 1.807) is 24.3 Å². The Morgan fingerprint density at radius 2 is 1.82 bits per heavy atom. The molecular formula is C22H14F2N4O4S. The van der Waals surface area contributed by atoms with Crippen molar-refractivity contribution in [3.8, 4) is 5.69 Å². The first-order valence-electron chi connectivity index (χ1n) is 9.48. The van der Waals surface area contributed by atoms with Crippen molar-refractivity contribution >= 4 is 39.9 Å². The van der Waals surface area contributed by atoms with Gasteiger partial charge in [-0.1, -0.05) is 23.9 Å². The lowest BCUT2D eigenvalue weighted by Gasteiger charge is -2.13. The molecule has 0 atom stereocenters. The van der Waals surface area contributed by atoms with Crippen LogP contribution in [0.4, 0.5) is 20.2 Å². The number of aromatic nitrogens is 2. The highest BCUT2D eigenvalue weighted by atomic mass is 32.2. The van der Waals surface area contributed by atoms with E-state index in [9.17, 15) is 28.5 Å². The van der Waals surface area contributed by atoms with E-state index in [1.807, 2.05) is 0 Å². The van der Waals surface area contributed by atoms with Crippen LogP contribution in [0.1, 0.15) is 0 Å². The van der Waals surface area contributed by atoms with Crippen LogP contribution in [-0.4, -0.2) is 26.1 Å². The number of thioether (sulfide) groups is 1. The van der Waals surface area contributed by atoms with Crippen molar-refractivity contribution in [2.45, 2.75) is 5.16 Å². The first-order chi connectivity index (χ1) is 15.8. The Labute approximate surface area is 189 Å². The maximum Gasteiger partial charge on any atom is 0.306 e. The number of nitrogens with zero attached hydrogens (tertiary/aromatic N) is 3. The average Bonchev–Trinajstić information content (AvgIpc) is 2.80. The van der Waals surface area contributed by atoms with Crippen LogP contribution in [0.2, 0.25) is 0 Å². The first-order valence-corrected chi connectivity index (χ1v) is 10.5. The van der Waals surface area contributed by atoms with E-state index in [-0.39, 0.29) is 22.2 Å². The highest BCUT2D eigenvalue weighted by Crippen LogP contribution is 2.24. The number of nitrogens with one attached hydrogen (secondary N) is 1. The molecule has 0 aliphatic heterocycles. The summed E-state index contributed by atoms with van der Waals surface area (Å²) in [6.07, 6.45) is 0. The van der Waals surface area contributed by atoms with E-state index < -0.39 is 28.2 Å². The first kappa shape index (κ1) is 22.1. The third-order valence-corrected chi connectivity index (χ3v) is 5.53. The van der Waals surface area contributed by atoms with Gasteiger partial charge in [0.05, 0.1) is 27.3 Å². The molecule has 0 unspecified atom stereocenters. The number of carbonyl (C=O) groups is 1. The van der Waals surface area contributed by atoms with Gasteiger partial charge in [-0.2, -0.15) is 4.39 Å². The number of amides is 1. The minimum atomic E-state index is -1.02. The van der Waals surface area contributed by atoms with Gasteiger partial charge in [0.2, 0.25) is 11.7 Å². The number of benzene rings is 3. The summed E-state index contributed by atoms with van der Waals surface area (Å²) in [5.74, 6) is -2.23. The highest BCUT2D eigenvalue weighted by Gasteiger charge is 2.17. The lowest BCUT2D eigenvalue weighted by molar-refractivity contribution is -0.387. The molecule has 0 bridgehead atoms. The Balaban J connectivity index is 1.63. The van der Waals surface area contributed by atoms with Gasteiger partial charge >= 0.3 is 5.69 Å². The van der Waals surface area contributed by atoms with Gasteiger partial charge in [0, 0.05) is 11.8 Å². The van der Waals surface area contributed by atoms with Crippen LogP contribution in [0.3, 0.4) is 0 Å². The summed E-state index contributed by atoms with van der Waals surface area (Å²) in [6, 6.07) is 15.0. The molecule has 8 nitrogen and oxygen atoms in total. The predicted molar refractivity (Wildman–Crippen MR) is 120 cm³/mol. The fourth-order valence-electron chi connectivity index (χ4n) is 3.08. The number of halogens is 2. The van der Waals surface area contributed by atoms with E-state index in [0.29, 0.717) is 16.6 Å². The van der Waals surface area contributed by atoms with Gasteiger partial charge in [-0.15, -0.1) is 0 Å². The molecule has 0 aliphatic carbocycles. The number of para-hydroxylation sites is 1. The molecule has 33 heavy (non-hydrogen) atoms. The van der Waals surface area contributed by atoms with E-state index in [4.69, 9.17) is 0 Å². The molecule has 1 N–H and O–H groups in total. The molecule has 1 amide bonds. The summed E-state index contributed by atoms with van der Waals surface area (Å²) in [5.41, 5.74) is -0.295. The molecule has 11 heteroatoms. The van der Waals surface area contributed by atoms with Gasteiger partial charge in [-0.3, -0.25) is 24.3 Å². The number of carbonyl (C=O) groups excluding carboxylic acids is 1. The quantitative estimate of drug-likeness (QED) is 0.196. The van der Waals surface area contributed by atoms with Gasteiger partial charge in [0.1, 0.15) is 5.82 Å². The van der Waals surface area contributed by atoms with Gasteiger partial charge < -0.3 is 5.32 Å². The van der Waals surface area contributed by atoms with Crippen LogP contribution in [0, 0.1) is 21.7 Å². The van der Waals surface area contributed by atoms with E-state index in [0.717, 1.165) is 23.9 Å². The number of hydrogen-bond donors (Lipinski definition) is 1. The minimum absolute atomic E-state index is 0.0519. The van der Waals surface area contributed by atoms with Crippen LogP contribution < -0.4 is 10.9 Å². The summed E-state index contributed by atoms with van der Waals surface area (Å²) in [6.45, 7) is 0. The molecule has 0 saturated heterocycles. The molecule has 3 aromatic carbocycles. The van der Waals surface area contributed by atoms with E-state index >= 15 is 0 Å². The van der Waals surface area contributed by atoms with Crippen molar-refractivity contribution in [3.05, 3.63) is 98.8 Å². The molecular weight excluding hydrogens is 454 g/mol. The van der Waals surface area contributed by atoms with Gasteiger partial charge in [-0.05, 0) is 48.5 Å². The Morgan fingerprint density at radius 3 is 2.55 bits per heavy atom. The van der Waals surface area contributed by atoms with Crippen molar-refractivity contribution in [2.24, 2.45) is 0 Å². The molecule has 1 aromatic heterocycles. The van der Waals surface area contributed by atoms with Gasteiger partial charge in [0.25, 0.3) is 5.56 Å². The standard InChI is InChI=1S/C22H14F2N4O4S/c23-13-5-8-15(9-6-13)27-21(30)16-3-1-2-4-18(16)26-22(27)33-12-20(29)25-14-7-10-17(24)19(11-14)28(31)32/h1-11H,12H2,(H,25,29). The van der Waals surface area contributed by atoms with Crippen molar-refractivity contribution in [2.75, 3.05) is 11.1 Å². The molecule has 0 saturated carbocycles. The Kier molecular flexibility index (Phi) is 6.13. The van der Waals surface area contributed by atoms with Crippen LogP contribution in [0.25, 0.3) is 16.6 Å². The van der Waals surface area contributed by atoms with Crippen LogP contribution >= 0.6 is 11.8 Å². The Hall–Kier alpha value is -4.12. The third kappa shape index (κ3) is 4.72. The second kappa shape index (κ2) is 9.17. The zero-order chi connectivity index (χ0) is 23.5. The number of hydrogen-bond acceptors (Lipinski definition) is 6. The number of fused-ring (bicyclic) bond motifs is 1. The third-order valence-electron chi connectivity index (χ3n) is 4.59. The molecule has 1 heterocycles. The fraction of sp³-hybridized carbons (Fsp3) is 0.0455. The van der Waals surface area contributed by atoms with E-state index in [1.165, 1.54) is 34.9 Å². The maximum absolute atomic E-state index is 13.5. The van der Waals surface area contributed by atoms with Gasteiger partial charge in [-0.25, -0.2) is 9.37 Å². The lowest BCUT2D eigenvalue weighted by atomic mass is 10.2. The monoisotopic (exact) mass is 468 g/mol. The topological polar surface area (TPSA) is 107 Å². The summed E-state index contributed by atoms with van der Waals surface area (Å²) in [5, 5.41) is 13.9. The zero-order valence-corrected chi connectivity index (χ0v) is 17.5. The SMILES string of the molecule is O=C(CSc1nc2ccccc2c(=O)n1-c1ccc(F)cc1)Nc1ccc(F)c([N+](=O)[O-])c1. The molecule has 0 aliphatic rings. The molecule has 4 rings (SSSR count). The molecule has 4 aromatic rings. The summed E-state index contributed by atoms with van der Waals surface area (Å²) in [4.78, 5) is 40.0. The fourth-order valence-corrected chi connectivity index (χ4v) is 3.90. The number of anilines is 1. The average molecular weight is 468 g/mol. The highest BCUT2D eigenvalue weighted by molar-refractivity contribution is 7.99. The molecule has 166 valence electrons. The van der Waals surface area contributed by atoms with Crippen molar-refractivity contribution in [3.63, 3.8) is 0 Å². The molecule has 0 fully saturated rings. The number of nitro groups is 1. The van der Waals surface area contributed by atoms with Gasteiger partial charge in [0.15, 0.2) is 5.16 Å².